The highest BCUT2D eigenvalue weighted by molar-refractivity contribution is 9.11. The average molecular weight is 545 g/mol. The maximum atomic E-state index is 12.7. The van der Waals surface area contributed by atoms with Crippen molar-refractivity contribution in [2.24, 2.45) is 0 Å². The zero-order valence-electron chi connectivity index (χ0n) is 16.3. The standard InChI is InChI=1S/C19H19Br2N3O6/c1-4-6-30-14-8-12(7-13(9-14)28-3)11-23(19(25)29-5-2)15-10-16(20)22-18(21)17(15)24(26)27/h4,7-10H,1,5-6,11H2,2-3H3. The molecule has 1 aromatic carbocycles. The number of hydrogen-bond donors (Lipinski definition) is 0. The lowest BCUT2D eigenvalue weighted by atomic mass is 10.1. The number of nitrogens with zero attached hydrogens (tertiary/aromatic N) is 3. The molecule has 0 atom stereocenters. The highest BCUT2D eigenvalue weighted by atomic mass is 79.9. The fourth-order valence-electron chi connectivity index (χ4n) is 2.55. The molecule has 9 nitrogen and oxygen atoms in total. The van der Waals surface area contributed by atoms with E-state index >= 15 is 0 Å². The Kier molecular flexibility index (Phi) is 8.60. The first-order valence-corrected chi connectivity index (χ1v) is 10.3. The number of methoxy groups -OCH3 is 1. The van der Waals surface area contributed by atoms with Crippen LogP contribution < -0.4 is 14.4 Å². The van der Waals surface area contributed by atoms with Gasteiger partial charge in [0.05, 0.1) is 25.2 Å². The fraction of sp³-hybridized carbons (Fsp3) is 0.263. The molecule has 0 aliphatic carbocycles. The summed E-state index contributed by atoms with van der Waals surface area (Å²) in [7, 11) is 1.50. The molecular formula is C19H19Br2N3O6. The van der Waals surface area contributed by atoms with Crippen molar-refractivity contribution in [1.82, 2.24) is 4.98 Å². The van der Waals surface area contributed by atoms with E-state index in [1.54, 1.807) is 31.2 Å². The molecule has 2 rings (SSSR count). The number of hydrogen-bond acceptors (Lipinski definition) is 7. The van der Waals surface area contributed by atoms with Crippen molar-refractivity contribution in [3.8, 4) is 11.5 Å². The monoisotopic (exact) mass is 543 g/mol. The van der Waals surface area contributed by atoms with Crippen LogP contribution in [0.2, 0.25) is 0 Å². The molecule has 30 heavy (non-hydrogen) atoms. The Morgan fingerprint density at radius 2 is 2.00 bits per heavy atom. The molecule has 0 spiro atoms. The topological polar surface area (TPSA) is 104 Å². The zero-order valence-corrected chi connectivity index (χ0v) is 19.4. The van der Waals surface area contributed by atoms with E-state index in [0.717, 1.165) is 4.90 Å². The molecule has 1 aromatic heterocycles. The lowest BCUT2D eigenvalue weighted by molar-refractivity contribution is -0.385. The molecule has 0 saturated heterocycles. The smallest absolute Gasteiger partial charge is 0.414 e. The number of ether oxygens (including phenoxy) is 3. The summed E-state index contributed by atoms with van der Waals surface area (Å²) in [4.78, 5) is 28.9. The van der Waals surface area contributed by atoms with Crippen molar-refractivity contribution in [2.75, 3.05) is 25.2 Å². The number of halogens is 2. The molecule has 11 heteroatoms. The van der Waals surface area contributed by atoms with Gasteiger partial charge in [-0.2, -0.15) is 0 Å². The van der Waals surface area contributed by atoms with E-state index in [9.17, 15) is 14.9 Å². The summed E-state index contributed by atoms with van der Waals surface area (Å²) in [5, 5.41) is 11.7. The van der Waals surface area contributed by atoms with Crippen molar-refractivity contribution in [2.45, 2.75) is 13.5 Å². The molecule has 0 radical (unpaired) electrons. The molecule has 0 fully saturated rings. The first-order chi connectivity index (χ1) is 14.3. The second kappa shape index (κ2) is 10.9. The Balaban J connectivity index is 2.56. The highest BCUT2D eigenvalue weighted by Gasteiger charge is 2.30. The fourth-order valence-corrected chi connectivity index (χ4v) is 3.72. The van der Waals surface area contributed by atoms with Crippen molar-refractivity contribution >= 4 is 49.3 Å². The minimum absolute atomic E-state index is 0.0172. The van der Waals surface area contributed by atoms with Gasteiger partial charge in [0, 0.05) is 12.1 Å². The van der Waals surface area contributed by atoms with Gasteiger partial charge in [-0.15, -0.1) is 0 Å². The van der Waals surface area contributed by atoms with Gasteiger partial charge >= 0.3 is 11.8 Å². The van der Waals surface area contributed by atoms with Crippen LogP contribution in [0.3, 0.4) is 0 Å². The quantitative estimate of drug-likeness (QED) is 0.184. The van der Waals surface area contributed by atoms with Crippen LogP contribution >= 0.6 is 31.9 Å². The van der Waals surface area contributed by atoms with Crippen LogP contribution in [0.15, 0.2) is 46.1 Å². The Morgan fingerprint density at radius 1 is 1.30 bits per heavy atom. The van der Waals surface area contributed by atoms with E-state index in [1.807, 2.05) is 0 Å². The molecule has 2 aromatic rings. The van der Waals surface area contributed by atoms with E-state index < -0.39 is 11.0 Å². The predicted octanol–water partition coefficient (Wildman–Crippen LogP) is 5.25. The third-order valence-corrected chi connectivity index (χ3v) is 4.70. The van der Waals surface area contributed by atoms with Crippen molar-refractivity contribution in [1.29, 1.82) is 0 Å². The van der Waals surface area contributed by atoms with E-state index in [2.05, 4.69) is 43.4 Å². The average Bonchev–Trinajstić information content (AvgIpc) is 2.69. The lowest BCUT2D eigenvalue weighted by Gasteiger charge is -2.23. The Morgan fingerprint density at radius 3 is 2.60 bits per heavy atom. The zero-order chi connectivity index (χ0) is 22.3. The molecule has 0 saturated carbocycles. The molecule has 1 heterocycles. The highest BCUT2D eigenvalue weighted by Crippen LogP contribution is 2.38. The van der Waals surface area contributed by atoms with Crippen molar-refractivity contribution in [3.05, 3.63) is 61.8 Å². The summed E-state index contributed by atoms with van der Waals surface area (Å²) in [5.74, 6) is 1.00. The minimum atomic E-state index is -0.748. The Labute approximate surface area is 190 Å². The van der Waals surface area contributed by atoms with Crippen LogP contribution in [-0.4, -0.2) is 36.3 Å². The second-order valence-electron chi connectivity index (χ2n) is 5.76. The SMILES string of the molecule is C=CCOc1cc(CN(C(=O)OCC)c2cc(Br)nc(Br)c2[N+](=O)[O-])cc(OC)c1. The van der Waals surface area contributed by atoms with E-state index in [1.165, 1.54) is 13.2 Å². The third-order valence-electron chi connectivity index (χ3n) is 3.74. The largest absolute Gasteiger partial charge is 0.497 e. The van der Waals surface area contributed by atoms with Crippen LogP contribution in [0.25, 0.3) is 0 Å². The molecule has 0 aliphatic heterocycles. The Bertz CT molecular complexity index is 954. The summed E-state index contributed by atoms with van der Waals surface area (Å²) >= 11 is 6.30. The van der Waals surface area contributed by atoms with E-state index in [4.69, 9.17) is 14.2 Å². The maximum absolute atomic E-state index is 12.7. The summed E-state index contributed by atoms with van der Waals surface area (Å²) in [6.45, 7) is 5.60. The second-order valence-corrected chi connectivity index (χ2v) is 7.33. The van der Waals surface area contributed by atoms with Crippen LogP contribution in [0.1, 0.15) is 12.5 Å². The number of carbonyl (C=O) groups is 1. The number of amides is 1. The summed E-state index contributed by atoms with van der Waals surface area (Å²) in [5.41, 5.74) is 0.265. The van der Waals surface area contributed by atoms with Crippen LogP contribution in [-0.2, 0) is 11.3 Å². The number of nitro groups is 1. The molecule has 0 unspecified atom stereocenters. The molecule has 0 bridgehead atoms. The van der Waals surface area contributed by atoms with Crippen molar-refractivity contribution in [3.63, 3.8) is 0 Å². The van der Waals surface area contributed by atoms with Crippen molar-refractivity contribution < 1.29 is 23.9 Å². The van der Waals surface area contributed by atoms with Gasteiger partial charge in [-0.3, -0.25) is 15.0 Å². The molecular weight excluding hydrogens is 526 g/mol. The predicted molar refractivity (Wildman–Crippen MR) is 118 cm³/mol. The first-order valence-electron chi connectivity index (χ1n) is 8.67. The number of benzene rings is 1. The van der Waals surface area contributed by atoms with Gasteiger partial charge in [-0.1, -0.05) is 12.7 Å². The molecule has 0 N–H and O–H groups in total. The number of rotatable bonds is 9. The van der Waals surface area contributed by atoms with Crippen LogP contribution in [0.4, 0.5) is 16.2 Å². The molecule has 1 amide bonds. The minimum Gasteiger partial charge on any atom is -0.497 e. The summed E-state index contributed by atoms with van der Waals surface area (Å²) in [6, 6.07) is 6.47. The summed E-state index contributed by atoms with van der Waals surface area (Å²) in [6.07, 6.45) is 0.849. The van der Waals surface area contributed by atoms with Gasteiger partial charge in [0.15, 0.2) is 4.60 Å². The van der Waals surface area contributed by atoms with Gasteiger partial charge in [-0.05, 0) is 56.5 Å². The number of aromatic nitrogens is 1. The Hall–Kier alpha value is -2.66. The van der Waals surface area contributed by atoms with Gasteiger partial charge in [0.25, 0.3) is 0 Å². The van der Waals surface area contributed by atoms with E-state index in [-0.39, 0.29) is 35.7 Å². The lowest BCUT2D eigenvalue weighted by Crippen LogP contribution is -2.32. The number of carbonyl (C=O) groups excluding carboxylic acids is 1. The summed E-state index contributed by atoms with van der Waals surface area (Å²) < 4.78 is 16.3. The third kappa shape index (κ3) is 5.92. The number of pyridine rings is 1. The first kappa shape index (κ1) is 23.6. The molecule has 160 valence electrons. The van der Waals surface area contributed by atoms with Gasteiger partial charge in [-0.25, -0.2) is 9.78 Å². The van der Waals surface area contributed by atoms with Crippen LogP contribution in [0, 0.1) is 10.1 Å². The van der Waals surface area contributed by atoms with Gasteiger partial charge in [0.2, 0.25) is 0 Å². The van der Waals surface area contributed by atoms with Gasteiger partial charge < -0.3 is 14.2 Å². The van der Waals surface area contributed by atoms with Crippen LogP contribution in [0.5, 0.6) is 11.5 Å². The van der Waals surface area contributed by atoms with Gasteiger partial charge in [0.1, 0.15) is 28.4 Å². The molecule has 0 aliphatic rings. The van der Waals surface area contributed by atoms with E-state index in [0.29, 0.717) is 21.7 Å². The normalized spacial score (nSPS) is 10.3. The maximum Gasteiger partial charge on any atom is 0.414 e. The number of anilines is 1.